The molecule has 0 fully saturated rings. The molecule has 1 aliphatic rings. The number of hydrogen-bond donors (Lipinski definition) is 2. The Morgan fingerprint density at radius 1 is 0.973 bits per heavy atom. The first-order chi connectivity index (χ1) is 17.9. The van der Waals surface area contributed by atoms with Crippen LogP contribution in [0, 0.1) is 0 Å². The van der Waals surface area contributed by atoms with E-state index in [0.29, 0.717) is 34.1 Å². The highest BCUT2D eigenvalue weighted by Gasteiger charge is 2.34. The lowest BCUT2D eigenvalue weighted by Gasteiger charge is -2.30. The lowest BCUT2D eigenvalue weighted by Crippen LogP contribution is -2.45. The van der Waals surface area contributed by atoms with Crippen LogP contribution >= 0.6 is 12.2 Å². The van der Waals surface area contributed by atoms with Gasteiger partial charge in [-0.2, -0.15) is 0 Å². The fourth-order valence-corrected chi connectivity index (χ4v) is 3.97. The molecule has 37 heavy (non-hydrogen) atoms. The van der Waals surface area contributed by atoms with E-state index in [2.05, 4.69) is 10.6 Å². The Hall–Kier alpha value is -4.44. The van der Waals surface area contributed by atoms with E-state index in [4.69, 9.17) is 30.8 Å². The zero-order chi connectivity index (χ0) is 26.4. The molecule has 2 heterocycles. The molecule has 9 nitrogen and oxygen atoms in total. The monoisotopic (exact) mass is 520 g/mol. The van der Waals surface area contributed by atoms with E-state index >= 15 is 0 Å². The standard InChI is InChI=1S/C27H24N2O7S/c1-3-33-26(32)22-23(18-10-7-11-19(14-18)35-16(2)30)28-27(37)29-24(22)21-13-12-20(36-21)15-34-25(31)17-8-5-4-6-9-17/h4-14,23H,3,15H2,1-2H3,(H2,28,29,37). The lowest BCUT2D eigenvalue weighted by atomic mass is 9.94. The first kappa shape index (κ1) is 25.6. The molecular weight excluding hydrogens is 496 g/mol. The van der Waals surface area contributed by atoms with Crippen LogP contribution < -0.4 is 15.4 Å². The fraction of sp³-hybridized carbons (Fsp3) is 0.185. The minimum Gasteiger partial charge on any atom is -0.463 e. The summed E-state index contributed by atoms with van der Waals surface area (Å²) in [7, 11) is 0. The molecule has 0 saturated carbocycles. The molecule has 190 valence electrons. The zero-order valence-corrected chi connectivity index (χ0v) is 20.9. The van der Waals surface area contributed by atoms with Crippen molar-refractivity contribution < 1.29 is 33.0 Å². The molecule has 1 unspecified atom stereocenters. The van der Waals surface area contributed by atoms with Gasteiger partial charge in [0.1, 0.15) is 18.1 Å². The fourth-order valence-electron chi connectivity index (χ4n) is 3.75. The van der Waals surface area contributed by atoms with Gasteiger partial charge in [0.25, 0.3) is 0 Å². The molecule has 0 amide bonds. The van der Waals surface area contributed by atoms with Gasteiger partial charge in [-0.15, -0.1) is 0 Å². The van der Waals surface area contributed by atoms with Crippen molar-refractivity contribution >= 4 is 40.9 Å². The number of benzene rings is 2. The molecule has 0 bridgehead atoms. The van der Waals surface area contributed by atoms with Gasteiger partial charge in [-0.25, -0.2) is 9.59 Å². The first-order valence-corrected chi connectivity index (χ1v) is 11.8. The van der Waals surface area contributed by atoms with Crippen molar-refractivity contribution in [3.05, 3.63) is 95.0 Å². The molecule has 0 saturated heterocycles. The first-order valence-electron chi connectivity index (χ1n) is 11.4. The number of thiocarbonyl (C=S) groups is 1. The summed E-state index contributed by atoms with van der Waals surface area (Å²) in [5, 5.41) is 6.31. The van der Waals surface area contributed by atoms with Crippen molar-refractivity contribution in [2.45, 2.75) is 26.5 Å². The Kier molecular flexibility index (Phi) is 7.99. The minimum absolute atomic E-state index is 0.105. The second-order valence-corrected chi connectivity index (χ2v) is 8.32. The molecule has 2 aromatic carbocycles. The largest absolute Gasteiger partial charge is 0.463 e. The van der Waals surface area contributed by atoms with Crippen LogP contribution in [0.2, 0.25) is 0 Å². The number of ether oxygens (including phenoxy) is 3. The van der Waals surface area contributed by atoms with E-state index in [1.165, 1.54) is 6.92 Å². The van der Waals surface area contributed by atoms with Crippen LogP contribution in [-0.4, -0.2) is 29.6 Å². The zero-order valence-electron chi connectivity index (χ0n) is 20.1. The van der Waals surface area contributed by atoms with Gasteiger partial charge in [0, 0.05) is 6.92 Å². The predicted octanol–water partition coefficient (Wildman–Crippen LogP) is 4.06. The van der Waals surface area contributed by atoms with E-state index in [0.717, 1.165) is 0 Å². The van der Waals surface area contributed by atoms with Crippen molar-refractivity contribution in [2.24, 2.45) is 0 Å². The smallest absolute Gasteiger partial charge is 0.338 e. The summed E-state index contributed by atoms with van der Waals surface area (Å²) < 4.78 is 21.8. The van der Waals surface area contributed by atoms with E-state index in [9.17, 15) is 14.4 Å². The van der Waals surface area contributed by atoms with Crippen LogP contribution in [0.4, 0.5) is 0 Å². The Morgan fingerprint density at radius 3 is 2.49 bits per heavy atom. The number of furan rings is 1. The summed E-state index contributed by atoms with van der Waals surface area (Å²) >= 11 is 5.41. The van der Waals surface area contributed by atoms with Crippen molar-refractivity contribution in [3.8, 4) is 5.75 Å². The van der Waals surface area contributed by atoms with Gasteiger partial charge in [0.05, 0.1) is 29.5 Å². The second kappa shape index (κ2) is 11.5. The van der Waals surface area contributed by atoms with Crippen molar-refractivity contribution in [3.63, 3.8) is 0 Å². The van der Waals surface area contributed by atoms with Gasteiger partial charge < -0.3 is 29.3 Å². The van der Waals surface area contributed by atoms with E-state index in [1.807, 2.05) is 0 Å². The number of carbonyl (C=O) groups excluding carboxylic acids is 3. The summed E-state index contributed by atoms with van der Waals surface area (Å²) in [5.41, 5.74) is 1.57. The van der Waals surface area contributed by atoms with Gasteiger partial charge in [-0.3, -0.25) is 4.79 Å². The molecule has 1 atom stereocenters. The molecule has 0 radical (unpaired) electrons. The predicted molar refractivity (Wildman–Crippen MR) is 137 cm³/mol. The number of hydrogen-bond acceptors (Lipinski definition) is 8. The van der Waals surface area contributed by atoms with Crippen molar-refractivity contribution in [1.82, 2.24) is 10.6 Å². The van der Waals surface area contributed by atoms with Crippen molar-refractivity contribution in [2.75, 3.05) is 6.61 Å². The highest BCUT2D eigenvalue weighted by Crippen LogP contribution is 2.34. The maximum absolute atomic E-state index is 13.1. The Bertz CT molecular complexity index is 1360. The molecule has 2 N–H and O–H groups in total. The van der Waals surface area contributed by atoms with Crippen LogP contribution in [-0.2, 0) is 25.7 Å². The molecule has 4 rings (SSSR count). The average molecular weight is 521 g/mol. The Morgan fingerprint density at radius 2 is 1.76 bits per heavy atom. The van der Waals surface area contributed by atoms with Gasteiger partial charge in [-0.05, 0) is 61.1 Å². The van der Waals surface area contributed by atoms with Crippen molar-refractivity contribution in [1.29, 1.82) is 0 Å². The average Bonchev–Trinajstić information content (AvgIpc) is 3.36. The third-order valence-electron chi connectivity index (χ3n) is 5.28. The van der Waals surface area contributed by atoms with Crippen LogP contribution in [0.1, 0.15) is 47.3 Å². The summed E-state index contributed by atoms with van der Waals surface area (Å²) in [5.74, 6) is -0.547. The number of esters is 3. The molecule has 3 aromatic rings. The number of nitrogens with one attached hydrogen (secondary N) is 2. The quantitative estimate of drug-likeness (QED) is 0.256. The minimum atomic E-state index is -0.720. The molecular formula is C27H24N2O7S. The summed E-state index contributed by atoms with van der Waals surface area (Å²) in [6.45, 7) is 3.05. The SMILES string of the molecule is CCOC(=O)C1=C(c2ccc(COC(=O)c3ccccc3)o2)NC(=S)NC1c1cccc(OC(C)=O)c1. The van der Waals surface area contributed by atoms with Gasteiger partial charge >= 0.3 is 17.9 Å². The lowest BCUT2D eigenvalue weighted by molar-refractivity contribution is -0.139. The molecule has 10 heteroatoms. The maximum Gasteiger partial charge on any atom is 0.338 e. The third kappa shape index (κ3) is 6.22. The summed E-state index contributed by atoms with van der Waals surface area (Å²) in [6.07, 6.45) is 0. The second-order valence-electron chi connectivity index (χ2n) is 7.91. The maximum atomic E-state index is 13.1. The number of carbonyl (C=O) groups is 3. The van der Waals surface area contributed by atoms with Crippen LogP contribution in [0.5, 0.6) is 5.75 Å². The summed E-state index contributed by atoms with van der Waals surface area (Å²) in [6, 6.07) is 17.9. The van der Waals surface area contributed by atoms with E-state index in [1.54, 1.807) is 73.7 Å². The molecule has 1 aromatic heterocycles. The highest BCUT2D eigenvalue weighted by molar-refractivity contribution is 7.80. The molecule has 1 aliphatic heterocycles. The van der Waals surface area contributed by atoms with Gasteiger partial charge in [0.2, 0.25) is 0 Å². The van der Waals surface area contributed by atoms with Gasteiger partial charge in [0.15, 0.2) is 10.9 Å². The third-order valence-corrected chi connectivity index (χ3v) is 5.50. The highest BCUT2D eigenvalue weighted by atomic mass is 32.1. The Labute approximate surface area is 218 Å². The van der Waals surface area contributed by atoms with E-state index < -0.39 is 23.9 Å². The summed E-state index contributed by atoms with van der Waals surface area (Å²) in [4.78, 5) is 36.8. The van der Waals surface area contributed by atoms with Gasteiger partial charge in [-0.1, -0.05) is 30.3 Å². The van der Waals surface area contributed by atoms with Crippen LogP contribution in [0.25, 0.3) is 5.70 Å². The topological polar surface area (TPSA) is 116 Å². The molecule has 0 aliphatic carbocycles. The van der Waals surface area contributed by atoms with E-state index in [-0.39, 0.29) is 23.9 Å². The van der Waals surface area contributed by atoms with Crippen LogP contribution in [0.15, 0.2) is 76.7 Å². The number of rotatable bonds is 8. The Balaban J connectivity index is 1.66. The normalized spacial score (nSPS) is 14.9. The van der Waals surface area contributed by atoms with Crippen LogP contribution in [0.3, 0.4) is 0 Å². The molecule has 0 spiro atoms.